The van der Waals surface area contributed by atoms with Crippen LogP contribution in [0.2, 0.25) is 0 Å². The second-order valence-electron chi connectivity index (χ2n) is 3.24. The van der Waals surface area contributed by atoms with E-state index in [9.17, 15) is 13.2 Å². The van der Waals surface area contributed by atoms with Crippen LogP contribution in [0, 0.1) is 0 Å². The molecule has 5 nitrogen and oxygen atoms in total. The molecule has 0 fully saturated rings. The number of alkyl halides is 3. The number of nitrogens with one attached hydrogen (secondary N) is 1. The largest absolute Gasteiger partial charge is 0.433 e. The van der Waals surface area contributed by atoms with Crippen LogP contribution >= 0.6 is 0 Å². The molecule has 96 valence electrons. The van der Waals surface area contributed by atoms with Crippen molar-refractivity contribution >= 4 is 5.95 Å². The van der Waals surface area contributed by atoms with Gasteiger partial charge in [0, 0.05) is 13.3 Å². The van der Waals surface area contributed by atoms with Crippen LogP contribution in [0.1, 0.15) is 5.69 Å². The fraction of sp³-hybridized carbons (Fsp3) is 0.556. The molecule has 1 rings (SSSR count). The lowest BCUT2D eigenvalue weighted by Crippen LogP contribution is -2.30. The maximum absolute atomic E-state index is 12.3. The SMILES string of the molecule is COCC(CO)Nc1nccc(C(F)(F)F)n1. The Kier molecular flexibility index (Phi) is 4.64. The molecule has 0 amide bonds. The highest BCUT2D eigenvalue weighted by molar-refractivity contribution is 5.27. The molecule has 0 spiro atoms. The lowest BCUT2D eigenvalue weighted by molar-refractivity contribution is -0.141. The summed E-state index contributed by atoms with van der Waals surface area (Å²) in [5.74, 6) is -0.198. The summed E-state index contributed by atoms with van der Waals surface area (Å²) >= 11 is 0. The maximum Gasteiger partial charge on any atom is 0.433 e. The van der Waals surface area contributed by atoms with Gasteiger partial charge < -0.3 is 15.2 Å². The molecule has 0 aliphatic carbocycles. The van der Waals surface area contributed by atoms with E-state index in [4.69, 9.17) is 9.84 Å². The van der Waals surface area contributed by atoms with Crippen molar-refractivity contribution in [3.05, 3.63) is 18.0 Å². The van der Waals surface area contributed by atoms with Gasteiger partial charge in [-0.25, -0.2) is 9.97 Å². The zero-order valence-electron chi connectivity index (χ0n) is 9.03. The monoisotopic (exact) mass is 251 g/mol. The average Bonchev–Trinajstić information content (AvgIpc) is 2.28. The first-order valence-electron chi connectivity index (χ1n) is 4.74. The second-order valence-corrected chi connectivity index (χ2v) is 3.24. The standard InChI is InChI=1S/C9H12F3N3O2/c1-17-5-6(4-16)14-8-13-3-2-7(15-8)9(10,11)12/h2-3,6,16H,4-5H2,1H3,(H,13,14,15). The number of aromatic nitrogens is 2. The third kappa shape index (κ3) is 4.16. The Bertz CT molecular complexity index is 360. The molecule has 0 saturated carbocycles. The summed E-state index contributed by atoms with van der Waals surface area (Å²) in [5, 5.41) is 11.5. The van der Waals surface area contributed by atoms with Crippen molar-refractivity contribution in [2.24, 2.45) is 0 Å². The minimum atomic E-state index is -4.52. The molecule has 0 aliphatic rings. The van der Waals surface area contributed by atoms with E-state index in [1.54, 1.807) is 0 Å². The average molecular weight is 251 g/mol. The lowest BCUT2D eigenvalue weighted by Gasteiger charge is -2.15. The topological polar surface area (TPSA) is 67.3 Å². The van der Waals surface area contributed by atoms with Gasteiger partial charge in [0.15, 0.2) is 0 Å². The smallest absolute Gasteiger partial charge is 0.394 e. The van der Waals surface area contributed by atoms with Gasteiger partial charge in [0.05, 0.1) is 19.3 Å². The Balaban J connectivity index is 2.78. The molecule has 1 aromatic heterocycles. The number of anilines is 1. The second kappa shape index (κ2) is 5.78. The van der Waals surface area contributed by atoms with Crippen LogP contribution < -0.4 is 5.32 Å². The van der Waals surface area contributed by atoms with Crippen LogP contribution in [0.5, 0.6) is 0 Å². The van der Waals surface area contributed by atoms with Gasteiger partial charge in [0.25, 0.3) is 0 Å². The number of halogens is 3. The summed E-state index contributed by atoms with van der Waals surface area (Å²) < 4.78 is 41.8. The minimum Gasteiger partial charge on any atom is -0.394 e. The molecule has 17 heavy (non-hydrogen) atoms. The van der Waals surface area contributed by atoms with Crippen molar-refractivity contribution in [2.75, 3.05) is 25.6 Å². The van der Waals surface area contributed by atoms with Crippen LogP contribution in [-0.4, -0.2) is 41.4 Å². The van der Waals surface area contributed by atoms with Crippen molar-refractivity contribution < 1.29 is 23.0 Å². The predicted octanol–water partition coefficient (Wildman–Crippen LogP) is 0.915. The van der Waals surface area contributed by atoms with Crippen LogP contribution in [-0.2, 0) is 10.9 Å². The highest BCUT2D eigenvalue weighted by Crippen LogP contribution is 2.27. The van der Waals surface area contributed by atoms with Crippen LogP contribution in [0.15, 0.2) is 12.3 Å². The summed E-state index contributed by atoms with van der Waals surface area (Å²) in [6.45, 7) is -0.163. The Morgan fingerprint density at radius 1 is 1.53 bits per heavy atom. The van der Waals surface area contributed by atoms with Gasteiger partial charge in [-0.05, 0) is 6.07 Å². The summed E-state index contributed by atoms with van der Waals surface area (Å²) in [6.07, 6.45) is -3.52. The normalized spacial score (nSPS) is 13.5. The molecule has 8 heteroatoms. The molecule has 0 aromatic carbocycles. The van der Waals surface area contributed by atoms with Crippen LogP contribution in [0.4, 0.5) is 19.1 Å². The molecule has 0 radical (unpaired) electrons. The van der Waals surface area contributed by atoms with E-state index in [2.05, 4.69) is 15.3 Å². The van der Waals surface area contributed by atoms with Crippen molar-refractivity contribution in [1.82, 2.24) is 9.97 Å². The van der Waals surface area contributed by atoms with E-state index in [-0.39, 0.29) is 19.2 Å². The van der Waals surface area contributed by atoms with Crippen molar-refractivity contribution in [3.8, 4) is 0 Å². The van der Waals surface area contributed by atoms with E-state index in [0.717, 1.165) is 12.3 Å². The van der Waals surface area contributed by atoms with Crippen LogP contribution in [0.3, 0.4) is 0 Å². The quantitative estimate of drug-likeness (QED) is 0.814. The highest BCUT2D eigenvalue weighted by atomic mass is 19.4. The zero-order chi connectivity index (χ0) is 12.9. The summed E-state index contributed by atoms with van der Waals surface area (Å²) in [7, 11) is 1.41. The van der Waals surface area contributed by atoms with Crippen molar-refractivity contribution in [3.63, 3.8) is 0 Å². The Morgan fingerprint density at radius 3 is 2.76 bits per heavy atom. The lowest BCUT2D eigenvalue weighted by atomic mass is 10.3. The molecule has 0 saturated heterocycles. The third-order valence-corrected chi connectivity index (χ3v) is 1.87. The summed E-state index contributed by atoms with van der Waals surface area (Å²) in [5.41, 5.74) is -1.04. The zero-order valence-corrected chi connectivity index (χ0v) is 9.03. The Morgan fingerprint density at radius 2 is 2.24 bits per heavy atom. The van der Waals surface area contributed by atoms with Gasteiger partial charge in [-0.1, -0.05) is 0 Å². The molecule has 0 bridgehead atoms. The van der Waals surface area contributed by atoms with E-state index in [0.29, 0.717) is 0 Å². The van der Waals surface area contributed by atoms with Crippen molar-refractivity contribution in [2.45, 2.75) is 12.2 Å². The van der Waals surface area contributed by atoms with Gasteiger partial charge in [-0.3, -0.25) is 0 Å². The van der Waals surface area contributed by atoms with E-state index < -0.39 is 17.9 Å². The number of ether oxygens (including phenoxy) is 1. The number of hydrogen-bond acceptors (Lipinski definition) is 5. The first-order valence-corrected chi connectivity index (χ1v) is 4.74. The van der Waals surface area contributed by atoms with E-state index >= 15 is 0 Å². The number of hydrogen-bond donors (Lipinski definition) is 2. The van der Waals surface area contributed by atoms with Gasteiger partial charge >= 0.3 is 6.18 Å². The predicted molar refractivity (Wildman–Crippen MR) is 53.4 cm³/mol. The minimum absolute atomic E-state index is 0.135. The molecule has 1 heterocycles. The molecular weight excluding hydrogens is 239 g/mol. The van der Waals surface area contributed by atoms with E-state index in [1.165, 1.54) is 7.11 Å². The number of nitrogens with zero attached hydrogens (tertiary/aromatic N) is 2. The number of aliphatic hydroxyl groups excluding tert-OH is 1. The fourth-order valence-electron chi connectivity index (χ4n) is 1.11. The van der Waals surface area contributed by atoms with Gasteiger partial charge in [0.1, 0.15) is 5.69 Å². The first-order chi connectivity index (χ1) is 7.97. The molecule has 0 aliphatic heterocycles. The molecule has 1 aromatic rings. The molecule has 1 unspecified atom stereocenters. The first kappa shape index (κ1) is 13.7. The van der Waals surface area contributed by atoms with Crippen LogP contribution in [0.25, 0.3) is 0 Å². The summed E-state index contributed by atoms with van der Waals surface area (Å²) in [4.78, 5) is 6.93. The number of rotatable bonds is 5. The Labute approximate surface area is 95.6 Å². The van der Waals surface area contributed by atoms with E-state index in [1.807, 2.05) is 0 Å². The van der Waals surface area contributed by atoms with Gasteiger partial charge in [-0.2, -0.15) is 13.2 Å². The van der Waals surface area contributed by atoms with Gasteiger partial charge in [-0.15, -0.1) is 0 Å². The summed E-state index contributed by atoms with van der Waals surface area (Å²) in [6, 6.07) is 0.221. The maximum atomic E-state index is 12.3. The van der Waals surface area contributed by atoms with Crippen molar-refractivity contribution in [1.29, 1.82) is 0 Å². The third-order valence-electron chi connectivity index (χ3n) is 1.87. The van der Waals surface area contributed by atoms with Gasteiger partial charge in [0.2, 0.25) is 5.95 Å². The highest BCUT2D eigenvalue weighted by Gasteiger charge is 2.32. The Hall–Kier alpha value is -1.41. The number of methoxy groups -OCH3 is 1. The molecular formula is C9H12F3N3O2. The number of aliphatic hydroxyl groups is 1. The fourth-order valence-corrected chi connectivity index (χ4v) is 1.11. The molecule has 1 atom stereocenters. The molecule has 2 N–H and O–H groups in total.